The van der Waals surface area contributed by atoms with Gasteiger partial charge >= 0.3 is 0 Å². The molecule has 0 aromatic heterocycles. The number of hydrogen-bond acceptors (Lipinski definition) is 3. The highest BCUT2D eigenvalue weighted by molar-refractivity contribution is 7.80. The van der Waals surface area contributed by atoms with Crippen molar-refractivity contribution in [3.05, 3.63) is 24.3 Å². The second-order valence-electron chi connectivity index (χ2n) is 6.78. The van der Waals surface area contributed by atoms with Gasteiger partial charge in [0.05, 0.1) is 5.69 Å². The average Bonchev–Trinajstić information content (AvgIpc) is 2.57. The lowest BCUT2D eigenvalue weighted by atomic mass is 9.86. The van der Waals surface area contributed by atoms with Crippen molar-refractivity contribution in [1.29, 1.82) is 0 Å². The van der Waals surface area contributed by atoms with E-state index in [1.165, 1.54) is 25.7 Å². The Morgan fingerprint density at radius 2 is 1.83 bits per heavy atom. The Bertz CT molecular complexity index is 543. The van der Waals surface area contributed by atoms with Gasteiger partial charge in [-0.3, -0.25) is 0 Å². The molecule has 2 fully saturated rings. The minimum absolute atomic E-state index is 0.359. The van der Waals surface area contributed by atoms with Crippen LogP contribution in [0.15, 0.2) is 24.3 Å². The van der Waals surface area contributed by atoms with Crippen LogP contribution in [-0.2, 0) is 0 Å². The summed E-state index contributed by atoms with van der Waals surface area (Å²) in [5, 5.41) is 14.5. The molecule has 1 aromatic rings. The smallest absolute Gasteiger partial charge is 0.169 e. The number of thiocarbonyl (C=S) groups is 1. The zero-order chi connectivity index (χ0) is 16.2. The van der Waals surface area contributed by atoms with Crippen molar-refractivity contribution >= 4 is 23.0 Å². The summed E-state index contributed by atoms with van der Waals surface area (Å²) in [6, 6.07) is 8.09. The quantitative estimate of drug-likeness (QED) is 0.814. The van der Waals surface area contributed by atoms with Crippen molar-refractivity contribution in [3.8, 4) is 5.75 Å². The molecule has 2 atom stereocenters. The predicted molar refractivity (Wildman–Crippen MR) is 99.0 cm³/mol. The second-order valence-corrected chi connectivity index (χ2v) is 7.17. The van der Waals surface area contributed by atoms with Crippen LogP contribution in [0, 0.1) is 5.92 Å². The Hall–Kier alpha value is -1.49. The van der Waals surface area contributed by atoms with Crippen LogP contribution in [0.1, 0.15) is 32.6 Å². The molecule has 1 saturated heterocycles. The monoisotopic (exact) mass is 333 g/mol. The van der Waals surface area contributed by atoms with Crippen LogP contribution in [0.2, 0.25) is 0 Å². The van der Waals surface area contributed by atoms with Gasteiger partial charge in [-0.05, 0) is 43.1 Å². The van der Waals surface area contributed by atoms with Gasteiger partial charge in [-0.1, -0.05) is 31.9 Å². The number of phenolic OH excluding ortho intramolecular Hbond substituents is 1. The van der Waals surface area contributed by atoms with E-state index in [1.807, 2.05) is 18.2 Å². The number of anilines is 1. The van der Waals surface area contributed by atoms with Crippen molar-refractivity contribution in [3.63, 3.8) is 0 Å². The summed E-state index contributed by atoms with van der Waals surface area (Å²) < 4.78 is 0. The summed E-state index contributed by atoms with van der Waals surface area (Å²) >= 11 is 5.64. The Morgan fingerprint density at radius 3 is 2.52 bits per heavy atom. The standard InChI is InChI=1S/C18H27N3OS/c1-14-6-2-3-7-15(14)19-18(23)21-12-10-20(11-13-21)16-8-4-5-9-17(16)22/h4-5,8-9,14-15,22H,2-3,6-7,10-13H2,1H3,(H,19,23)/t14-,15-/m0/s1. The molecule has 0 radical (unpaired) electrons. The van der Waals surface area contributed by atoms with E-state index < -0.39 is 0 Å². The first kappa shape index (κ1) is 16.4. The van der Waals surface area contributed by atoms with Crippen LogP contribution >= 0.6 is 12.2 Å². The molecule has 0 unspecified atom stereocenters. The van der Waals surface area contributed by atoms with E-state index in [2.05, 4.69) is 22.0 Å². The molecule has 1 aliphatic heterocycles. The number of piperazine rings is 1. The molecule has 0 bridgehead atoms. The third-order valence-electron chi connectivity index (χ3n) is 5.21. The van der Waals surface area contributed by atoms with E-state index >= 15 is 0 Å². The molecule has 2 aliphatic rings. The lowest BCUT2D eigenvalue weighted by Crippen LogP contribution is -2.54. The Morgan fingerprint density at radius 1 is 1.13 bits per heavy atom. The zero-order valence-corrected chi connectivity index (χ0v) is 14.7. The first-order valence-corrected chi connectivity index (χ1v) is 9.14. The number of aromatic hydroxyl groups is 1. The van der Waals surface area contributed by atoms with Crippen molar-refractivity contribution in [2.75, 3.05) is 31.1 Å². The van der Waals surface area contributed by atoms with Crippen LogP contribution in [0.25, 0.3) is 0 Å². The van der Waals surface area contributed by atoms with Crippen LogP contribution in [-0.4, -0.2) is 47.3 Å². The number of nitrogens with one attached hydrogen (secondary N) is 1. The van der Waals surface area contributed by atoms with Crippen molar-refractivity contribution < 1.29 is 5.11 Å². The molecule has 0 amide bonds. The summed E-state index contributed by atoms with van der Waals surface area (Å²) in [6.45, 7) is 5.91. The fourth-order valence-electron chi connectivity index (χ4n) is 3.66. The second kappa shape index (κ2) is 7.39. The summed E-state index contributed by atoms with van der Waals surface area (Å²) in [4.78, 5) is 4.50. The van der Waals surface area contributed by atoms with Crippen molar-refractivity contribution in [2.24, 2.45) is 5.92 Å². The highest BCUT2D eigenvalue weighted by atomic mass is 32.1. The average molecular weight is 334 g/mol. The SMILES string of the molecule is C[C@H]1CCCC[C@@H]1NC(=S)N1CCN(c2ccccc2O)CC1. The molecule has 23 heavy (non-hydrogen) atoms. The van der Waals surface area contributed by atoms with Gasteiger partial charge in [0, 0.05) is 32.2 Å². The number of rotatable bonds is 2. The molecule has 126 valence electrons. The Balaban J connectivity index is 1.52. The Labute approximate surface area is 144 Å². The van der Waals surface area contributed by atoms with Crippen LogP contribution in [0.5, 0.6) is 5.75 Å². The number of para-hydroxylation sites is 2. The van der Waals surface area contributed by atoms with E-state index in [-0.39, 0.29) is 0 Å². The summed E-state index contributed by atoms with van der Waals surface area (Å²) in [6.07, 6.45) is 5.21. The third kappa shape index (κ3) is 3.89. The van der Waals surface area contributed by atoms with Crippen molar-refractivity contribution in [2.45, 2.75) is 38.6 Å². The molecule has 3 rings (SSSR count). The van der Waals surface area contributed by atoms with E-state index in [0.717, 1.165) is 37.0 Å². The normalized spacial score (nSPS) is 25.3. The van der Waals surface area contributed by atoms with E-state index in [9.17, 15) is 5.11 Å². The minimum atomic E-state index is 0.359. The van der Waals surface area contributed by atoms with Gasteiger partial charge in [-0.25, -0.2) is 0 Å². The zero-order valence-electron chi connectivity index (χ0n) is 13.9. The van der Waals surface area contributed by atoms with E-state index in [1.54, 1.807) is 6.07 Å². The topological polar surface area (TPSA) is 38.7 Å². The molecule has 2 N–H and O–H groups in total. The molecule has 1 aliphatic carbocycles. The molecule has 1 aromatic carbocycles. The lowest BCUT2D eigenvalue weighted by Gasteiger charge is -2.39. The highest BCUT2D eigenvalue weighted by Gasteiger charge is 2.25. The highest BCUT2D eigenvalue weighted by Crippen LogP contribution is 2.27. The van der Waals surface area contributed by atoms with Gasteiger partial charge in [0.15, 0.2) is 5.11 Å². The van der Waals surface area contributed by atoms with E-state index in [4.69, 9.17) is 12.2 Å². The first-order valence-electron chi connectivity index (χ1n) is 8.73. The molecule has 4 nitrogen and oxygen atoms in total. The van der Waals surface area contributed by atoms with Gasteiger partial charge < -0.3 is 20.2 Å². The molecule has 5 heteroatoms. The fraction of sp³-hybridized carbons (Fsp3) is 0.611. The van der Waals surface area contributed by atoms with Gasteiger partial charge in [-0.2, -0.15) is 0 Å². The van der Waals surface area contributed by atoms with Crippen LogP contribution in [0.3, 0.4) is 0 Å². The largest absolute Gasteiger partial charge is 0.506 e. The molecular formula is C18H27N3OS. The lowest BCUT2D eigenvalue weighted by molar-refractivity contribution is 0.293. The number of hydrogen-bond donors (Lipinski definition) is 2. The maximum absolute atomic E-state index is 9.99. The fourth-order valence-corrected chi connectivity index (χ4v) is 4.00. The van der Waals surface area contributed by atoms with Crippen LogP contribution < -0.4 is 10.2 Å². The summed E-state index contributed by atoms with van der Waals surface area (Å²) in [7, 11) is 0. The minimum Gasteiger partial charge on any atom is -0.506 e. The number of nitrogens with zero attached hydrogens (tertiary/aromatic N) is 2. The Kier molecular flexibility index (Phi) is 5.26. The molecule has 1 saturated carbocycles. The maximum atomic E-state index is 9.99. The number of phenols is 1. The molecule has 0 spiro atoms. The van der Waals surface area contributed by atoms with E-state index in [0.29, 0.717) is 17.7 Å². The predicted octanol–water partition coefficient (Wildman–Crippen LogP) is 2.97. The molecule has 1 heterocycles. The molecular weight excluding hydrogens is 306 g/mol. The summed E-state index contributed by atoms with van der Waals surface area (Å²) in [5.74, 6) is 1.07. The maximum Gasteiger partial charge on any atom is 0.169 e. The first-order chi connectivity index (χ1) is 11.1. The summed E-state index contributed by atoms with van der Waals surface area (Å²) in [5.41, 5.74) is 0.923. The van der Waals surface area contributed by atoms with Gasteiger partial charge in [0.1, 0.15) is 5.75 Å². The van der Waals surface area contributed by atoms with Crippen LogP contribution in [0.4, 0.5) is 5.69 Å². The third-order valence-corrected chi connectivity index (χ3v) is 5.59. The van der Waals surface area contributed by atoms with Gasteiger partial charge in [0.25, 0.3) is 0 Å². The number of benzene rings is 1. The van der Waals surface area contributed by atoms with Crippen molar-refractivity contribution in [1.82, 2.24) is 10.2 Å². The van der Waals surface area contributed by atoms with Gasteiger partial charge in [-0.15, -0.1) is 0 Å². The van der Waals surface area contributed by atoms with Gasteiger partial charge in [0.2, 0.25) is 0 Å².